The first kappa shape index (κ1) is 24.4. The van der Waals surface area contributed by atoms with Crippen LogP contribution in [-0.4, -0.2) is 61.4 Å². The van der Waals surface area contributed by atoms with Gasteiger partial charge in [0.25, 0.3) is 5.89 Å². The maximum atomic E-state index is 12.9. The molecule has 0 atom stereocenters. The largest absolute Gasteiger partial charge is 0.453 e. The van der Waals surface area contributed by atoms with Crippen LogP contribution in [0.3, 0.4) is 0 Å². The minimum Gasteiger partial charge on any atom is -0.453 e. The quantitative estimate of drug-likeness (QED) is 0.344. The van der Waals surface area contributed by atoms with Gasteiger partial charge >= 0.3 is 12.1 Å². The van der Waals surface area contributed by atoms with Crippen molar-refractivity contribution in [2.24, 2.45) is 10.7 Å². The van der Waals surface area contributed by atoms with E-state index in [0.717, 1.165) is 6.26 Å². The summed E-state index contributed by atoms with van der Waals surface area (Å²) in [5.41, 5.74) is 3.30. The highest BCUT2D eigenvalue weighted by Crippen LogP contribution is 2.23. The number of nitrogens with zero attached hydrogens (tertiary/aromatic N) is 3. The number of hydrogen-bond donors (Lipinski definition) is 1. The number of rotatable bonds is 8. The molecule has 0 unspecified atom stereocenters. The molecule has 2 N–H and O–H groups in total. The van der Waals surface area contributed by atoms with E-state index in [1.54, 1.807) is 6.26 Å². The number of carbonyl (C=O) groups is 1. The highest BCUT2D eigenvalue weighted by Gasteiger charge is 2.32. The number of hydrogen-bond acceptors (Lipinski definition) is 10. The van der Waals surface area contributed by atoms with Crippen molar-refractivity contribution in [3.8, 4) is 11.5 Å². The van der Waals surface area contributed by atoms with Gasteiger partial charge in [-0.15, -0.1) is 11.8 Å². The fourth-order valence-corrected chi connectivity index (χ4v) is 2.95. The molecule has 0 saturated heterocycles. The van der Waals surface area contributed by atoms with E-state index in [4.69, 9.17) is 15.0 Å². The highest BCUT2D eigenvalue weighted by molar-refractivity contribution is 7.98. The van der Waals surface area contributed by atoms with E-state index in [2.05, 4.69) is 15.1 Å². The fourth-order valence-electron chi connectivity index (χ4n) is 2.03. The number of aromatic nitrogens is 2. The van der Waals surface area contributed by atoms with Crippen molar-refractivity contribution >= 4 is 33.3 Å². The van der Waals surface area contributed by atoms with Gasteiger partial charge in [0.1, 0.15) is 23.9 Å². The van der Waals surface area contributed by atoms with Gasteiger partial charge in [-0.25, -0.2) is 8.42 Å². The first-order chi connectivity index (χ1) is 14.4. The molecule has 0 amide bonds. The third kappa shape index (κ3) is 7.10. The number of benzene rings is 1. The Morgan fingerprint density at radius 1 is 1.39 bits per heavy atom. The maximum absolute atomic E-state index is 12.9. The molecular formula is C17H17F3N4O5S2. The predicted octanol–water partition coefficient (Wildman–Crippen LogP) is 2.20. The number of esters is 1. The number of ether oxygens (including phenoxy) is 1. The number of thioether (sulfide) groups is 1. The molecule has 168 valence electrons. The Kier molecular flexibility index (Phi) is 7.84. The predicted molar refractivity (Wildman–Crippen MR) is 107 cm³/mol. The average molecular weight is 478 g/mol. The molecule has 9 nitrogen and oxygen atoms in total. The van der Waals surface area contributed by atoms with Crippen LogP contribution in [0.1, 0.15) is 5.82 Å². The third-order valence-corrected chi connectivity index (χ3v) is 4.96. The molecule has 0 radical (unpaired) electrons. The van der Waals surface area contributed by atoms with Crippen LogP contribution in [0.4, 0.5) is 13.2 Å². The molecule has 1 heterocycles. The van der Waals surface area contributed by atoms with Gasteiger partial charge in [0.05, 0.1) is 4.90 Å². The van der Waals surface area contributed by atoms with Crippen molar-refractivity contribution in [1.82, 2.24) is 10.1 Å². The first-order valence-electron chi connectivity index (χ1n) is 8.29. The standard InChI is InChI=1S/C17H17F3N4O5S2/c1-30-9-28-14(25)8-22-12(7-13(21)17(18,19)20)15-23-16(29-24-15)10-4-3-5-11(6-10)31(2,26)27/h3-7H,8-9,21H2,1-2H3. The van der Waals surface area contributed by atoms with Crippen LogP contribution in [0.25, 0.3) is 11.5 Å². The molecule has 0 spiro atoms. The Balaban J connectivity index is 2.42. The van der Waals surface area contributed by atoms with Crippen LogP contribution in [-0.2, 0) is 19.4 Å². The zero-order chi connectivity index (χ0) is 23.2. The molecule has 0 saturated carbocycles. The lowest BCUT2D eigenvalue weighted by Crippen LogP contribution is -2.21. The summed E-state index contributed by atoms with van der Waals surface area (Å²) >= 11 is 1.22. The molecule has 0 fully saturated rings. The van der Waals surface area contributed by atoms with Crippen LogP contribution in [0.5, 0.6) is 0 Å². The van der Waals surface area contributed by atoms with Crippen LogP contribution >= 0.6 is 11.8 Å². The van der Waals surface area contributed by atoms with Crippen LogP contribution in [0.2, 0.25) is 0 Å². The lowest BCUT2D eigenvalue weighted by molar-refractivity contribution is -0.139. The first-order valence-corrected chi connectivity index (χ1v) is 11.6. The van der Waals surface area contributed by atoms with Crippen LogP contribution in [0.15, 0.2) is 50.4 Å². The van der Waals surface area contributed by atoms with E-state index in [-0.39, 0.29) is 28.1 Å². The molecule has 0 aliphatic heterocycles. The molecule has 14 heteroatoms. The number of halogens is 3. The summed E-state index contributed by atoms with van der Waals surface area (Å²) < 4.78 is 71.8. The summed E-state index contributed by atoms with van der Waals surface area (Å²) in [6, 6.07) is 5.54. The van der Waals surface area contributed by atoms with Gasteiger partial charge < -0.3 is 15.0 Å². The lowest BCUT2D eigenvalue weighted by Gasteiger charge is -2.06. The number of alkyl halides is 3. The molecule has 0 bridgehead atoms. The summed E-state index contributed by atoms with van der Waals surface area (Å²) in [6.45, 7) is -0.606. The summed E-state index contributed by atoms with van der Waals surface area (Å²) in [4.78, 5) is 19.3. The maximum Gasteiger partial charge on any atom is 0.430 e. The zero-order valence-electron chi connectivity index (χ0n) is 16.2. The summed E-state index contributed by atoms with van der Waals surface area (Å²) in [6.07, 6.45) is -1.69. The van der Waals surface area contributed by atoms with Gasteiger partial charge in [-0.05, 0) is 30.5 Å². The van der Waals surface area contributed by atoms with E-state index < -0.39 is 39.9 Å². The topological polar surface area (TPSA) is 138 Å². The molecule has 1 aromatic carbocycles. The Hall–Kier alpha value is -2.87. The van der Waals surface area contributed by atoms with Gasteiger partial charge in [0.2, 0.25) is 5.82 Å². The monoisotopic (exact) mass is 478 g/mol. The van der Waals surface area contributed by atoms with Gasteiger partial charge in [-0.3, -0.25) is 9.79 Å². The lowest BCUT2D eigenvalue weighted by atomic mass is 10.2. The number of aliphatic imine (C=N–C) groups is 1. The summed E-state index contributed by atoms with van der Waals surface area (Å²) in [5.74, 6) is -1.29. The molecule has 1 aromatic heterocycles. The molecule has 31 heavy (non-hydrogen) atoms. The highest BCUT2D eigenvalue weighted by atomic mass is 32.2. The van der Waals surface area contributed by atoms with E-state index in [0.29, 0.717) is 6.08 Å². The number of sulfone groups is 1. The van der Waals surface area contributed by atoms with Gasteiger partial charge in [0, 0.05) is 11.8 Å². The Labute approximate surface area is 179 Å². The smallest absolute Gasteiger partial charge is 0.430 e. The van der Waals surface area contributed by atoms with Gasteiger partial charge in [-0.2, -0.15) is 18.2 Å². The van der Waals surface area contributed by atoms with Crippen molar-refractivity contribution < 1.29 is 35.6 Å². The second-order valence-corrected chi connectivity index (χ2v) is 8.77. The van der Waals surface area contributed by atoms with Crippen molar-refractivity contribution in [2.75, 3.05) is 25.0 Å². The Morgan fingerprint density at radius 2 is 2.10 bits per heavy atom. The molecule has 2 rings (SSSR count). The van der Waals surface area contributed by atoms with E-state index >= 15 is 0 Å². The Bertz CT molecular complexity index is 1110. The fraction of sp³-hybridized carbons (Fsp3) is 0.294. The molecule has 0 aliphatic carbocycles. The van der Waals surface area contributed by atoms with Gasteiger partial charge in [-0.1, -0.05) is 11.2 Å². The second kappa shape index (κ2) is 9.96. The average Bonchev–Trinajstić information content (AvgIpc) is 3.18. The SMILES string of the molecule is CSCOC(=O)CN=C(C=C(N)C(F)(F)F)c1noc(-c2cccc(S(C)(=O)=O)c2)n1. The zero-order valence-corrected chi connectivity index (χ0v) is 17.8. The molecular weight excluding hydrogens is 461 g/mol. The van der Waals surface area contributed by atoms with Crippen LogP contribution in [0, 0.1) is 0 Å². The van der Waals surface area contributed by atoms with Crippen molar-refractivity contribution in [3.05, 3.63) is 41.9 Å². The van der Waals surface area contributed by atoms with Crippen molar-refractivity contribution in [2.45, 2.75) is 11.1 Å². The minimum atomic E-state index is -4.85. The van der Waals surface area contributed by atoms with Gasteiger partial charge in [0.15, 0.2) is 9.84 Å². The second-order valence-electron chi connectivity index (χ2n) is 5.94. The normalized spacial score (nSPS) is 13.3. The van der Waals surface area contributed by atoms with E-state index in [1.165, 1.54) is 36.0 Å². The summed E-state index contributed by atoms with van der Waals surface area (Å²) in [7, 11) is -3.52. The number of nitrogens with two attached hydrogens (primary N) is 1. The number of carbonyl (C=O) groups excluding carboxylic acids is 1. The molecule has 0 aliphatic rings. The minimum absolute atomic E-state index is 0.0172. The van der Waals surface area contributed by atoms with E-state index in [9.17, 15) is 26.4 Å². The van der Waals surface area contributed by atoms with E-state index in [1.807, 2.05) is 0 Å². The molecule has 2 aromatic rings. The van der Waals surface area contributed by atoms with Crippen LogP contribution < -0.4 is 5.73 Å². The number of allylic oxidation sites excluding steroid dienone is 2. The Morgan fingerprint density at radius 3 is 2.71 bits per heavy atom. The third-order valence-electron chi connectivity index (χ3n) is 3.50. The van der Waals surface area contributed by atoms with Crippen molar-refractivity contribution in [3.63, 3.8) is 0 Å². The van der Waals surface area contributed by atoms with Crippen molar-refractivity contribution in [1.29, 1.82) is 0 Å². The summed E-state index contributed by atoms with van der Waals surface area (Å²) in [5, 5.41) is 3.57.